The average molecular weight is 245 g/mol. The van der Waals surface area contributed by atoms with E-state index in [-0.39, 0.29) is 0 Å². The zero-order chi connectivity index (χ0) is 13.3. The van der Waals surface area contributed by atoms with Crippen molar-refractivity contribution < 1.29 is 9.53 Å². The van der Waals surface area contributed by atoms with Gasteiger partial charge in [-0.2, -0.15) is 5.10 Å². The molecule has 0 saturated heterocycles. The van der Waals surface area contributed by atoms with Crippen molar-refractivity contribution in [2.45, 2.75) is 13.8 Å². The Morgan fingerprint density at radius 1 is 1.33 bits per heavy atom. The largest absolute Gasteiger partial charge is 0.465 e. The van der Waals surface area contributed by atoms with Crippen LogP contribution in [0.4, 0.5) is 5.69 Å². The number of nitrogens with zero attached hydrogens (tertiary/aromatic N) is 2. The number of benzene rings is 1. The number of hydrogen-bond acceptors (Lipinski definition) is 4. The predicted octanol–water partition coefficient (Wildman–Crippen LogP) is 1.86. The third kappa shape index (κ3) is 2.07. The van der Waals surface area contributed by atoms with E-state index in [0.29, 0.717) is 11.3 Å². The Morgan fingerprint density at radius 3 is 2.56 bits per heavy atom. The highest BCUT2D eigenvalue weighted by Crippen LogP contribution is 2.19. The minimum atomic E-state index is -0.438. The lowest BCUT2D eigenvalue weighted by molar-refractivity contribution is 0.0602. The molecule has 18 heavy (non-hydrogen) atoms. The van der Waals surface area contributed by atoms with Crippen LogP contribution in [-0.4, -0.2) is 22.9 Å². The fraction of sp³-hybridized carbons (Fsp3) is 0.231. The van der Waals surface area contributed by atoms with Gasteiger partial charge in [0.15, 0.2) is 0 Å². The summed E-state index contributed by atoms with van der Waals surface area (Å²) in [5.41, 5.74) is 9.37. The first-order valence-electron chi connectivity index (χ1n) is 5.54. The lowest BCUT2D eigenvalue weighted by Crippen LogP contribution is -2.07. The van der Waals surface area contributed by atoms with E-state index in [4.69, 9.17) is 5.73 Å². The molecule has 2 N–H and O–H groups in total. The zero-order valence-corrected chi connectivity index (χ0v) is 10.6. The SMILES string of the molecule is COC(=O)c1ccc(-n2nc(C)cc2C)cc1N. The predicted molar refractivity (Wildman–Crippen MR) is 68.8 cm³/mol. The van der Waals surface area contributed by atoms with Gasteiger partial charge in [-0.05, 0) is 38.1 Å². The molecule has 5 nitrogen and oxygen atoms in total. The molecule has 0 amide bonds. The van der Waals surface area contributed by atoms with Gasteiger partial charge < -0.3 is 10.5 Å². The van der Waals surface area contributed by atoms with Crippen molar-refractivity contribution in [1.29, 1.82) is 0 Å². The van der Waals surface area contributed by atoms with Crippen molar-refractivity contribution in [3.05, 3.63) is 41.2 Å². The van der Waals surface area contributed by atoms with Crippen molar-refractivity contribution in [3.8, 4) is 5.69 Å². The molecule has 0 radical (unpaired) electrons. The van der Waals surface area contributed by atoms with Crippen molar-refractivity contribution in [1.82, 2.24) is 9.78 Å². The molecule has 0 aliphatic heterocycles. The number of carbonyl (C=O) groups excluding carboxylic acids is 1. The Morgan fingerprint density at radius 2 is 2.06 bits per heavy atom. The van der Waals surface area contributed by atoms with Crippen molar-refractivity contribution in [2.24, 2.45) is 0 Å². The van der Waals surface area contributed by atoms with E-state index in [1.165, 1.54) is 7.11 Å². The van der Waals surface area contributed by atoms with Crippen LogP contribution in [0.2, 0.25) is 0 Å². The third-order valence-corrected chi connectivity index (χ3v) is 2.69. The van der Waals surface area contributed by atoms with Gasteiger partial charge in [0.2, 0.25) is 0 Å². The number of aryl methyl sites for hydroxylation is 2. The van der Waals surface area contributed by atoms with Crippen LogP contribution in [-0.2, 0) is 4.74 Å². The van der Waals surface area contributed by atoms with Crippen LogP contribution in [0.3, 0.4) is 0 Å². The molecular weight excluding hydrogens is 230 g/mol. The third-order valence-electron chi connectivity index (χ3n) is 2.69. The summed E-state index contributed by atoms with van der Waals surface area (Å²) in [6.07, 6.45) is 0. The second kappa shape index (κ2) is 4.52. The lowest BCUT2D eigenvalue weighted by atomic mass is 10.1. The first-order valence-corrected chi connectivity index (χ1v) is 5.54. The van der Waals surface area contributed by atoms with Gasteiger partial charge in [0, 0.05) is 11.4 Å². The molecule has 1 aromatic carbocycles. The summed E-state index contributed by atoms with van der Waals surface area (Å²) in [6.45, 7) is 3.89. The first kappa shape index (κ1) is 12.2. The van der Waals surface area contributed by atoms with Crippen molar-refractivity contribution in [3.63, 3.8) is 0 Å². The summed E-state index contributed by atoms with van der Waals surface area (Å²) in [5.74, 6) is -0.438. The molecule has 0 spiro atoms. The Labute approximate surface area is 105 Å². The molecule has 1 heterocycles. The molecular formula is C13H15N3O2. The van der Waals surface area contributed by atoms with Crippen molar-refractivity contribution >= 4 is 11.7 Å². The van der Waals surface area contributed by atoms with E-state index < -0.39 is 5.97 Å². The van der Waals surface area contributed by atoms with Gasteiger partial charge in [0.1, 0.15) is 0 Å². The molecule has 2 aromatic rings. The molecule has 0 aliphatic carbocycles. The molecule has 94 valence electrons. The van der Waals surface area contributed by atoms with E-state index in [1.807, 2.05) is 19.9 Å². The average Bonchev–Trinajstić information content (AvgIpc) is 2.67. The molecule has 0 atom stereocenters. The monoisotopic (exact) mass is 245 g/mol. The van der Waals surface area contributed by atoms with E-state index in [0.717, 1.165) is 17.1 Å². The van der Waals surface area contributed by atoms with Crippen LogP contribution in [0.15, 0.2) is 24.3 Å². The maximum atomic E-state index is 11.4. The van der Waals surface area contributed by atoms with E-state index in [2.05, 4.69) is 9.84 Å². The number of carbonyl (C=O) groups is 1. The van der Waals surface area contributed by atoms with Crippen LogP contribution in [0.5, 0.6) is 0 Å². The number of hydrogen-bond donors (Lipinski definition) is 1. The fourth-order valence-electron chi connectivity index (χ4n) is 1.87. The topological polar surface area (TPSA) is 70.1 Å². The molecule has 0 bridgehead atoms. The summed E-state index contributed by atoms with van der Waals surface area (Å²) in [7, 11) is 1.33. The highest BCUT2D eigenvalue weighted by Gasteiger charge is 2.11. The van der Waals surface area contributed by atoms with Gasteiger partial charge >= 0.3 is 5.97 Å². The summed E-state index contributed by atoms with van der Waals surface area (Å²) >= 11 is 0. The summed E-state index contributed by atoms with van der Waals surface area (Å²) in [5, 5.41) is 4.36. The number of nitrogens with two attached hydrogens (primary N) is 1. The summed E-state index contributed by atoms with van der Waals surface area (Å²) in [6, 6.07) is 7.13. The van der Waals surface area contributed by atoms with Crippen LogP contribution < -0.4 is 5.73 Å². The zero-order valence-electron chi connectivity index (χ0n) is 10.6. The van der Waals surface area contributed by atoms with Gasteiger partial charge in [0.25, 0.3) is 0 Å². The van der Waals surface area contributed by atoms with Crippen LogP contribution >= 0.6 is 0 Å². The summed E-state index contributed by atoms with van der Waals surface area (Å²) in [4.78, 5) is 11.4. The van der Waals surface area contributed by atoms with Gasteiger partial charge in [0.05, 0.1) is 24.1 Å². The Kier molecular flexibility index (Phi) is 3.06. The van der Waals surface area contributed by atoms with Gasteiger partial charge in [-0.1, -0.05) is 0 Å². The Hall–Kier alpha value is -2.30. The van der Waals surface area contributed by atoms with Crippen molar-refractivity contribution in [2.75, 3.05) is 12.8 Å². The number of methoxy groups -OCH3 is 1. The number of esters is 1. The van der Waals surface area contributed by atoms with Gasteiger partial charge in [-0.3, -0.25) is 0 Å². The maximum absolute atomic E-state index is 11.4. The number of rotatable bonds is 2. The molecule has 0 fully saturated rings. The second-order valence-corrected chi connectivity index (χ2v) is 4.10. The molecule has 0 unspecified atom stereocenters. The molecule has 0 saturated carbocycles. The van der Waals surface area contributed by atoms with Gasteiger partial charge in [-0.25, -0.2) is 9.48 Å². The smallest absolute Gasteiger partial charge is 0.339 e. The maximum Gasteiger partial charge on any atom is 0.339 e. The second-order valence-electron chi connectivity index (χ2n) is 4.10. The Bertz CT molecular complexity index is 602. The van der Waals surface area contributed by atoms with E-state index in [1.54, 1.807) is 22.9 Å². The summed E-state index contributed by atoms with van der Waals surface area (Å²) < 4.78 is 6.43. The Balaban J connectivity index is 2.46. The van der Waals surface area contributed by atoms with Crippen LogP contribution in [0.25, 0.3) is 5.69 Å². The van der Waals surface area contributed by atoms with Gasteiger partial charge in [-0.15, -0.1) is 0 Å². The lowest BCUT2D eigenvalue weighted by Gasteiger charge is -2.08. The molecule has 5 heteroatoms. The molecule has 2 rings (SSSR count). The highest BCUT2D eigenvalue weighted by molar-refractivity contribution is 5.95. The van der Waals surface area contributed by atoms with E-state index in [9.17, 15) is 4.79 Å². The number of nitrogen functional groups attached to an aromatic ring is 1. The number of aromatic nitrogens is 2. The normalized spacial score (nSPS) is 10.4. The van der Waals surface area contributed by atoms with Crippen LogP contribution in [0.1, 0.15) is 21.7 Å². The first-order chi connectivity index (χ1) is 8.52. The van der Waals surface area contributed by atoms with Crippen LogP contribution in [0, 0.1) is 13.8 Å². The van der Waals surface area contributed by atoms with E-state index >= 15 is 0 Å². The standard InChI is InChI=1S/C13H15N3O2/c1-8-6-9(2)16(15-8)10-4-5-11(12(14)7-10)13(17)18-3/h4-7H,14H2,1-3H3. The number of anilines is 1. The molecule has 1 aromatic heterocycles. The molecule has 0 aliphatic rings. The quantitative estimate of drug-likeness (QED) is 0.647. The minimum absolute atomic E-state index is 0.364. The fourth-order valence-corrected chi connectivity index (χ4v) is 1.87. The minimum Gasteiger partial charge on any atom is -0.465 e. The number of ether oxygens (including phenoxy) is 1. The highest BCUT2D eigenvalue weighted by atomic mass is 16.5.